The van der Waals surface area contributed by atoms with Gasteiger partial charge in [0, 0.05) is 5.69 Å². The highest BCUT2D eigenvalue weighted by Crippen LogP contribution is 2.30. The van der Waals surface area contributed by atoms with E-state index in [4.69, 9.17) is 9.47 Å². The average molecular weight is 407 g/mol. The van der Waals surface area contributed by atoms with Gasteiger partial charge in [-0.3, -0.25) is 4.79 Å². The molecular formula is C21H23F2NO5. The summed E-state index contributed by atoms with van der Waals surface area (Å²) in [4.78, 5) is 24.8. The van der Waals surface area contributed by atoms with Crippen molar-refractivity contribution in [2.45, 2.75) is 39.4 Å². The molecule has 2 aromatic rings. The molecule has 0 unspecified atom stereocenters. The maximum Gasteiger partial charge on any atom is 0.387 e. The fourth-order valence-electron chi connectivity index (χ4n) is 2.62. The number of rotatable bonds is 8. The minimum absolute atomic E-state index is 0.0331. The first-order valence-corrected chi connectivity index (χ1v) is 8.96. The minimum atomic E-state index is -3.03. The SMILES string of the molecule is COc1cc(C(=O)O[C@@H](C)C(=O)Nc2ccccc2C(C)C)ccc1OC(F)F. The largest absolute Gasteiger partial charge is 0.493 e. The average Bonchev–Trinajstić information content (AvgIpc) is 2.67. The van der Waals surface area contributed by atoms with E-state index in [1.807, 2.05) is 26.0 Å². The van der Waals surface area contributed by atoms with E-state index < -0.39 is 24.6 Å². The number of hydrogen-bond donors (Lipinski definition) is 1. The Labute approximate surface area is 167 Å². The van der Waals surface area contributed by atoms with Gasteiger partial charge in [-0.15, -0.1) is 0 Å². The summed E-state index contributed by atoms with van der Waals surface area (Å²) in [5, 5.41) is 2.76. The molecule has 6 nitrogen and oxygen atoms in total. The summed E-state index contributed by atoms with van der Waals surface area (Å²) in [6.07, 6.45) is -1.08. The predicted molar refractivity (Wildman–Crippen MR) is 104 cm³/mol. The lowest BCUT2D eigenvalue weighted by atomic mass is 10.0. The van der Waals surface area contributed by atoms with E-state index in [-0.39, 0.29) is 23.0 Å². The molecule has 1 N–H and O–H groups in total. The third kappa shape index (κ3) is 5.91. The molecule has 0 spiro atoms. The molecule has 2 rings (SSSR count). The van der Waals surface area contributed by atoms with E-state index in [0.29, 0.717) is 5.69 Å². The first-order chi connectivity index (χ1) is 13.7. The summed E-state index contributed by atoms with van der Waals surface area (Å²) in [6, 6.07) is 11.0. The van der Waals surface area contributed by atoms with E-state index in [2.05, 4.69) is 10.1 Å². The van der Waals surface area contributed by atoms with Crippen molar-refractivity contribution in [3.63, 3.8) is 0 Å². The minimum Gasteiger partial charge on any atom is -0.493 e. The van der Waals surface area contributed by atoms with Gasteiger partial charge in [-0.25, -0.2) is 4.79 Å². The second kappa shape index (κ2) is 9.86. The van der Waals surface area contributed by atoms with Crippen LogP contribution in [0.1, 0.15) is 42.6 Å². The Morgan fingerprint density at radius 1 is 1.00 bits per heavy atom. The molecule has 29 heavy (non-hydrogen) atoms. The molecule has 0 fully saturated rings. The lowest BCUT2D eigenvalue weighted by Crippen LogP contribution is -2.30. The number of esters is 1. The second-order valence-corrected chi connectivity index (χ2v) is 6.52. The van der Waals surface area contributed by atoms with Gasteiger partial charge in [0.15, 0.2) is 17.6 Å². The molecule has 0 aliphatic heterocycles. The topological polar surface area (TPSA) is 73.9 Å². The van der Waals surface area contributed by atoms with E-state index in [1.165, 1.54) is 32.2 Å². The van der Waals surface area contributed by atoms with Crippen LogP contribution in [0.15, 0.2) is 42.5 Å². The second-order valence-electron chi connectivity index (χ2n) is 6.52. The van der Waals surface area contributed by atoms with Crippen LogP contribution in [0.5, 0.6) is 11.5 Å². The van der Waals surface area contributed by atoms with Gasteiger partial charge in [0.25, 0.3) is 5.91 Å². The number of alkyl halides is 2. The van der Waals surface area contributed by atoms with E-state index in [9.17, 15) is 18.4 Å². The highest BCUT2D eigenvalue weighted by Gasteiger charge is 2.22. The van der Waals surface area contributed by atoms with Gasteiger partial charge in [0.1, 0.15) is 0 Å². The maximum absolute atomic E-state index is 12.4. The van der Waals surface area contributed by atoms with Crippen molar-refractivity contribution in [3.05, 3.63) is 53.6 Å². The zero-order valence-corrected chi connectivity index (χ0v) is 16.6. The molecule has 1 atom stereocenters. The van der Waals surface area contributed by atoms with Crippen LogP contribution in [0, 0.1) is 0 Å². The Balaban J connectivity index is 2.07. The maximum atomic E-state index is 12.4. The molecule has 0 bridgehead atoms. The number of ether oxygens (including phenoxy) is 3. The molecule has 2 aromatic carbocycles. The zero-order valence-electron chi connectivity index (χ0n) is 16.6. The number of para-hydroxylation sites is 1. The molecule has 0 saturated carbocycles. The quantitative estimate of drug-likeness (QED) is 0.647. The van der Waals surface area contributed by atoms with E-state index in [0.717, 1.165) is 5.56 Å². The van der Waals surface area contributed by atoms with Crippen molar-refractivity contribution < 1.29 is 32.6 Å². The van der Waals surface area contributed by atoms with Crippen molar-refractivity contribution in [2.75, 3.05) is 12.4 Å². The van der Waals surface area contributed by atoms with Crippen molar-refractivity contribution in [2.24, 2.45) is 0 Å². The van der Waals surface area contributed by atoms with E-state index >= 15 is 0 Å². The fourth-order valence-corrected chi connectivity index (χ4v) is 2.62. The molecule has 0 aromatic heterocycles. The number of carbonyl (C=O) groups excluding carboxylic acids is 2. The van der Waals surface area contributed by atoms with Crippen molar-refractivity contribution in [1.29, 1.82) is 0 Å². The number of hydrogen-bond acceptors (Lipinski definition) is 5. The van der Waals surface area contributed by atoms with Crippen LogP contribution >= 0.6 is 0 Å². The molecule has 156 valence electrons. The Morgan fingerprint density at radius 2 is 1.69 bits per heavy atom. The first kappa shape index (κ1) is 22.1. The summed E-state index contributed by atoms with van der Waals surface area (Å²) >= 11 is 0. The molecule has 0 saturated heterocycles. The number of nitrogens with one attached hydrogen (secondary N) is 1. The monoisotopic (exact) mass is 407 g/mol. The Kier molecular flexibility index (Phi) is 7.52. The summed E-state index contributed by atoms with van der Waals surface area (Å²) in [6.45, 7) is 2.42. The van der Waals surface area contributed by atoms with Crippen LogP contribution in [0.2, 0.25) is 0 Å². The molecule has 0 aliphatic carbocycles. The molecule has 0 radical (unpaired) electrons. The summed E-state index contributed by atoms with van der Waals surface area (Å²) in [5.41, 5.74) is 1.63. The fraction of sp³-hybridized carbons (Fsp3) is 0.333. The number of amides is 1. The number of halogens is 2. The van der Waals surface area contributed by atoms with Crippen molar-refractivity contribution in [1.82, 2.24) is 0 Å². The summed E-state index contributed by atoms with van der Waals surface area (Å²) in [5.74, 6) is -1.36. The zero-order chi connectivity index (χ0) is 21.6. The van der Waals surface area contributed by atoms with Gasteiger partial charge in [0.2, 0.25) is 0 Å². The Bertz CT molecular complexity index is 870. The lowest BCUT2D eigenvalue weighted by molar-refractivity contribution is -0.123. The lowest BCUT2D eigenvalue weighted by Gasteiger charge is -2.17. The van der Waals surface area contributed by atoms with Gasteiger partial charge in [-0.05, 0) is 42.7 Å². The number of carbonyl (C=O) groups is 2. The molecular weight excluding hydrogens is 384 g/mol. The van der Waals surface area contributed by atoms with Crippen molar-refractivity contribution >= 4 is 17.6 Å². The van der Waals surface area contributed by atoms with Gasteiger partial charge in [-0.1, -0.05) is 32.0 Å². The molecule has 0 heterocycles. The summed E-state index contributed by atoms with van der Waals surface area (Å²) in [7, 11) is 1.25. The predicted octanol–water partition coefficient (Wildman–Crippen LogP) is 4.60. The standard InChI is InChI=1S/C21H23F2NO5/c1-12(2)15-7-5-6-8-16(15)24-19(25)13(3)28-20(26)14-9-10-17(29-21(22)23)18(11-14)27-4/h5-13,21H,1-4H3,(H,24,25)/t13-/m0/s1. The smallest absolute Gasteiger partial charge is 0.387 e. The van der Waals surface area contributed by atoms with Crippen LogP contribution in [0.4, 0.5) is 14.5 Å². The summed E-state index contributed by atoms with van der Waals surface area (Å²) < 4.78 is 39.3. The third-order valence-electron chi connectivity index (χ3n) is 4.11. The van der Waals surface area contributed by atoms with Gasteiger partial charge >= 0.3 is 12.6 Å². The van der Waals surface area contributed by atoms with Crippen molar-refractivity contribution in [3.8, 4) is 11.5 Å². The van der Waals surface area contributed by atoms with Gasteiger partial charge in [0.05, 0.1) is 12.7 Å². The Hall–Kier alpha value is -3.16. The van der Waals surface area contributed by atoms with Crippen LogP contribution < -0.4 is 14.8 Å². The highest BCUT2D eigenvalue weighted by atomic mass is 19.3. The highest BCUT2D eigenvalue weighted by molar-refractivity contribution is 5.98. The number of methoxy groups -OCH3 is 1. The van der Waals surface area contributed by atoms with Gasteiger partial charge in [-0.2, -0.15) is 8.78 Å². The van der Waals surface area contributed by atoms with Crippen LogP contribution in [-0.2, 0) is 9.53 Å². The number of anilines is 1. The molecule has 1 amide bonds. The Morgan fingerprint density at radius 3 is 2.31 bits per heavy atom. The van der Waals surface area contributed by atoms with Crippen LogP contribution in [0.25, 0.3) is 0 Å². The normalized spacial score (nSPS) is 11.9. The van der Waals surface area contributed by atoms with E-state index in [1.54, 1.807) is 12.1 Å². The molecule has 0 aliphatic rings. The van der Waals surface area contributed by atoms with Crippen LogP contribution in [0.3, 0.4) is 0 Å². The molecule has 8 heteroatoms. The number of benzene rings is 2. The van der Waals surface area contributed by atoms with Gasteiger partial charge < -0.3 is 19.5 Å². The third-order valence-corrected chi connectivity index (χ3v) is 4.11. The first-order valence-electron chi connectivity index (χ1n) is 8.96. The van der Waals surface area contributed by atoms with Crippen LogP contribution in [-0.4, -0.2) is 31.7 Å².